The quantitative estimate of drug-likeness (QED) is 0.741. The fraction of sp³-hybridized carbons (Fsp3) is 0.0588. The van der Waals surface area contributed by atoms with E-state index < -0.39 is 11.9 Å². The van der Waals surface area contributed by atoms with E-state index in [0.29, 0.717) is 22.0 Å². The van der Waals surface area contributed by atoms with Crippen LogP contribution in [0.15, 0.2) is 53.3 Å². The molecule has 2 aromatic carbocycles. The van der Waals surface area contributed by atoms with Crippen LogP contribution in [0.5, 0.6) is 0 Å². The molecule has 120 valence electrons. The Hall–Kier alpha value is -3.06. The molecule has 1 aromatic heterocycles. The minimum absolute atomic E-state index is 0.170. The van der Waals surface area contributed by atoms with Gasteiger partial charge >= 0.3 is 5.97 Å². The normalized spacial score (nSPS) is 10.4. The maximum absolute atomic E-state index is 12.2. The van der Waals surface area contributed by atoms with Crippen molar-refractivity contribution in [3.63, 3.8) is 0 Å². The number of carbonyl (C=O) groups is 2. The van der Waals surface area contributed by atoms with E-state index in [2.05, 4.69) is 15.0 Å². The standard InChI is InChI=1S/C17H12N2O4S/c1-23-15(21)11-8-6-10(7-9-11)14(20)19-17-18-13-5-3-2-4-12(13)16(22)24-17/h2-9H,1H3,(H,18,19,20). The molecule has 6 nitrogen and oxygen atoms in total. The van der Waals surface area contributed by atoms with E-state index >= 15 is 0 Å². The summed E-state index contributed by atoms with van der Waals surface area (Å²) in [5, 5.41) is 3.35. The maximum atomic E-state index is 12.2. The van der Waals surface area contributed by atoms with Crippen molar-refractivity contribution < 1.29 is 14.3 Å². The third-order valence-electron chi connectivity index (χ3n) is 3.32. The fourth-order valence-corrected chi connectivity index (χ4v) is 2.86. The van der Waals surface area contributed by atoms with Gasteiger partial charge in [-0.15, -0.1) is 0 Å². The summed E-state index contributed by atoms with van der Waals surface area (Å²) >= 11 is 0.869. The average molecular weight is 340 g/mol. The van der Waals surface area contributed by atoms with Crippen LogP contribution >= 0.6 is 11.3 Å². The minimum Gasteiger partial charge on any atom is -0.465 e. The first kappa shape index (κ1) is 15.8. The Morgan fingerprint density at radius 2 is 1.71 bits per heavy atom. The first-order chi connectivity index (χ1) is 11.6. The number of para-hydroxylation sites is 1. The number of benzene rings is 2. The molecule has 0 aliphatic heterocycles. The van der Waals surface area contributed by atoms with E-state index in [1.807, 2.05) is 0 Å². The molecule has 0 radical (unpaired) electrons. The number of amides is 1. The van der Waals surface area contributed by atoms with Gasteiger partial charge in [-0.2, -0.15) is 0 Å². The van der Waals surface area contributed by atoms with E-state index in [1.54, 1.807) is 24.3 Å². The second-order valence-corrected chi connectivity index (χ2v) is 5.81. The van der Waals surface area contributed by atoms with Crippen LogP contribution in [0.4, 0.5) is 5.13 Å². The SMILES string of the molecule is COC(=O)c1ccc(C(=O)Nc2nc3ccccc3c(=O)s2)cc1. The predicted molar refractivity (Wildman–Crippen MR) is 91.6 cm³/mol. The number of aromatic nitrogens is 1. The summed E-state index contributed by atoms with van der Waals surface area (Å²) in [5.74, 6) is -0.888. The van der Waals surface area contributed by atoms with Gasteiger partial charge in [-0.3, -0.25) is 14.9 Å². The molecular formula is C17H12N2O4S. The summed E-state index contributed by atoms with van der Waals surface area (Å²) in [5.41, 5.74) is 1.22. The average Bonchev–Trinajstić information content (AvgIpc) is 2.61. The number of hydrogen-bond donors (Lipinski definition) is 1. The molecule has 0 aliphatic rings. The van der Waals surface area contributed by atoms with Crippen LogP contribution in [0.3, 0.4) is 0 Å². The van der Waals surface area contributed by atoms with Gasteiger partial charge in [0.15, 0.2) is 5.13 Å². The molecule has 1 heterocycles. The summed E-state index contributed by atoms with van der Waals surface area (Å²) in [6, 6.07) is 12.9. The summed E-state index contributed by atoms with van der Waals surface area (Å²) in [6.45, 7) is 0. The van der Waals surface area contributed by atoms with Gasteiger partial charge in [0.2, 0.25) is 4.74 Å². The van der Waals surface area contributed by atoms with E-state index in [9.17, 15) is 14.4 Å². The van der Waals surface area contributed by atoms with Crippen molar-refractivity contribution in [2.24, 2.45) is 0 Å². The van der Waals surface area contributed by atoms with Crippen molar-refractivity contribution in [2.75, 3.05) is 12.4 Å². The van der Waals surface area contributed by atoms with Gasteiger partial charge < -0.3 is 4.74 Å². The monoisotopic (exact) mass is 340 g/mol. The largest absolute Gasteiger partial charge is 0.465 e. The number of methoxy groups -OCH3 is 1. The van der Waals surface area contributed by atoms with Crippen LogP contribution in [0.25, 0.3) is 10.9 Å². The molecule has 1 amide bonds. The lowest BCUT2D eigenvalue weighted by Crippen LogP contribution is -2.14. The number of nitrogens with one attached hydrogen (secondary N) is 1. The zero-order valence-electron chi connectivity index (χ0n) is 12.6. The maximum Gasteiger partial charge on any atom is 0.337 e. The molecule has 0 spiro atoms. The molecule has 0 bridgehead atoms. The molecule has 0 atom stereocenters. The summed E-state index contributed by atoms with van der Waals surface area (Å²) in [4.78, 5) is 40.0. The highest BCUT2D eigenvalue weighted by molar-refractivity contribution is 7.13. The lowest BCUT2D eigenvalue weighted by Gasteiger charge is -2.05. The minimum atomic E-state index is -0.476. The van der Waals surface area contributed by atoms with Crippen LogP contribution in [0.1, 0.15) is 20.7 Å². The third-order valence-corrected chi connectivity index (χ3v) is 4.12. The number of anilines is 1. The van der Waals surface area contributed by atoms with Crippen molar-refractivity contribution in [3.05, 3.63) is 69.2 Å². The van der Waals surface area contributed by atoms with E-state index in [4.69, 9.17) is 0 Å². The smallest absolute Gasteiger partial charge is 0.337 e. The Labute approximate surface area is 140 Å². The lowest BCUT2D eigenvalue weighted by atomic mass is 10.1. The molecule has 3 aromatic rings. The van der Waals surface area contributed by atoms with E-state index in [-0.39, 0.29) is 9.87 Å². The van der Waals surface area contributed by atoms with Gasteiger partial charge in [0.05, 0.1) is 23.6 Å². The van der Waals surface area contributed by atoms with Gasteiger partial charge in [0, 0.05) is 5.56 Å². The highest BCUT2D eigenvalue weighted by atomic mass is 32.1. The van der Waals surface area contributed by atoms with Gasteiger partial charge in [-0.05, 0) is 36.4 Å². The first-order valence-corrected chi connectivity index (χ1v) is 7.80. The lowest BCUT2D eigenvalue weighted by molar-refractivity contribution is 0.0600. The molecule has 3 rings (SSSR count). The summed E-state index contributed by atoms with van der Waals surface area (Å²) in [6.07, 6.45) is 0. The van der Waals surface area contributed by atoms with Crippen molar-refractivity contribution in [2.45, 2.75) is 0 Å². The zero-order valence-corrected chi connectivity index (χ0v) is 13.4. The Balaban J connectivity index is 1.84. The molecule has 0 saturated carbocycles. The topological polar surface area (TPSA) is 85.4 Å². The number of nitrogens with zero attached hydrogens (tertiary/aromatic N) is 1. The van der Waals surface area contributed by atoms with Crippen molar-refractivity contribution in [1.82, 2.24) is 4.98 Å². The Morgan fingerprint density at radius 1 is 1.04 bits per heavy atom. The van der Waals surface area contributed by atoms with Gasteiger partial charge in [-0.1, -0.05) is 23.5 Å². The predicted octanol–water partition coefficient (Wildman–Crippen LogP) is 2.70. The molecule has 0 aliphatic carbocycles. The number of esters is 1. The number of carbonyl (C=O) groups excluding carboxylic acids is 2. The summed E-state index contributed by atoms with van der Waals surface area (Å²) < 4.78 is 4.43. The molecule has 0 fully saturated rings. The van der Waals surface area contributed by atoms with Gasteiger partial charge in [0.1, 0.15) is 0 Å². The van der Waals surface area contributed by atoms with Crippen LogP contribution < -0.4 is 10.1 Å². The fourth-order valence-electron chi connectivity index (χ4n) is 2.12. The van der Waals surface area contributed by atoms with E-state index in [1.165, 1.54) is 31.4 Å². The summed E-state index contributed by atoms with van der Waals surface area (Å²) in [7, 11) is 1.29. The highest BCUT2D eigenvalue weighted by Gasteiger charge is 2.11. The van der Waals surface area contributed by atoms with Crippen molar-refractivity contribution >= 4 is 39.2 Å². The number of hydrogen-bond acceptors (Lipinski definition) is 6. The molecule has 1 N–H and O–H groups in total. The van der Waals surface area contributed by atoms with Crippen LogP contribution in [-0.2, 0) is 4.74 Å². The third kappa shape index (κ3) is 3.16. The second-order valence-electron chi connectivity index (χ2n) is 4.85. The van der Waals surface area contributed by atoms with Gasteiger partial charge in [0.25, 0.3) is 5.91 Å². The Kier molecular flexibility index (Phi) is 4.35. The van der Waals surface area contributed by atoms with Crippen LogP contribution in [0, 0.1) is 0 Å². The van der Waals surface area contributed by atoms with Crippen LogP contribution in [0.2, 0.25) is 0 Å². The molecule has 7 heteroatoms. The zero-order chi connectivity index (χ0) is 17.1. The molecule has 24 heavy (non-hydrogen) atoms. The van der Waals surface area contributed by atoms with Crippen molar-refractivity contribution in [1.29, 1.82) is 0 Å². The number of rotatable bonds is 3. The number of ether oxygens (including phenoxy) is 1. The molecular weight excluding hydrogens is 328 g/mol. The van der Waals surface area contributed by atoms with E-state index in [0.717, 1.165) is 11.3 Å². The van der Waals surface area contributed by atoms with Crippen LogP contribution in [-0.4, -0.2) is 24.0 Å². The number of fused-ring (bicyclic) bond motifs is 1. The molecule has 0 unspecified atom stereocenters. The molecule has 0 saturated heterocycles. The highest BCUT2D eigenvalue weighted by Crippen LogP contribution is 2.16. The first-order valence-electron chi connectivity index (χ1n) is 6.98. The van der Waals surface area contributed by atoms with Gasteiger partial charge in [-0.25, -0.2) is 9.78 Å². The van der Waals surface area contributed by atoms with Crippen molar-refractivity contribution in [3.8, 4) is 0 Å². The Bertz CT molecular complexity index is 980. The second kappa shape index (κ2) is 6.59. The Morgan fingerprint density at radius 3 is 2.42 bits per heavy atom.